The van der Waals surface area contributed by atoms with E-state index in [1.807, 2.05) is 36.5 Å². The number of imidazole rings is 1. The van der Waals surface area contributed by atoms with Gasteiger partial charge in [0.1, 0.15) is 5.65 Å². The smallest absolute Gasteiger partial charge is 0.137 e. The third kappa shape index (κ3) is 2.28. The summed E-state index contributed by atoms with van der Waals surface area (Å²) in [4.78, 5) is 7.11. The third-order valence-corrected chi connectivity index (χ3v) is 4.18. The summed E-state index contributed by atoms with van der Waals surface area (Å²) in [5.74, 6) is 0. The van der Waals surface area contributed by atoms with Crippen molar-refractivity contribution < 1.29 is 0 Å². The molecule has 4 nitrogen and oxygen atoms in total. The van der Waals surface area contributed by atoms with Crippen molar-refractivity contribution >= 4 is 11.3 Å². The molecule has 1 aromatic carbocycles. The minimum Gasteiger partial charge on any atom is -0.398 e. The van der Waals surface area contributed by atoms with E-state index in [0.29, 0.717) is 0 Å². The highest BCUT2D eigenvalue weighted by Crippen LogP contribution is 2.24. The van der Waals surface area contributed by atoms with Gasteiger partial charge < -0.3 is 10.1 Å². The number of pyridine rings is 1. The van der Waals surface area contributed by atoms with Gasteiger partial charge in [-0.2, -0.15) is 0 Å². The summed E-state index contributed by atoms with van der Waals surface area (Å²) < 4.78 is 2.07. The molecule has 2 aromatic heterocycles. The van der Waals surface area contributed by atoms with Gasteiger partial charge in [-0.3, -0.25) is 4.90 Å². The average molecular weight is 278 g/mol. The highest BCUT2D eigenvalue weighted by Gasteiger charge is 2.18. The SMILES string of the molecule is Nc1cccc2c1CCN(Cc1cn3ccccc3n1)C2. The number of rotatable bonds is 2. The first kappa shape index (κ1) is 12.4. The number of nitrogen functional groups attached to an aromatic ring is 1. The Hall–Kier alpha value is -2.33. The molecule has 0 saturated heterocycles. The minimum atomic E-state index is 0.885. The summed E-state index contributed by atoms with van der Waals surface area (Å²) in [5, 5.41) is 0. The van der Waals surface area contributed by atoms with Crippen LogP contribution in [0.3, 0.4) is 0 Å². The van der Waals surface area contributed by atoms with Gasteiger partial charge in [-0.1, -0.05) is 18.2 Å². The first-order valence-corrected chi connectivity index (χ1v) is 7.31. The lowest BCUT2D eigenvalue weighted by Gasteiger charge is -2.28. The van der Waals surface area contributed by atoms with Crippen LogP contribution < -0.4 is 5.73 Å². The fourth-order valence-corrected chi connectivity index (χ4v) is 3.12. The average Bonchev–Trinajstić information content (AvgIpc) is 2.89. The molecule has 0 spiro atoms. The van der Waals surface area contributed by atoms with Crippen molar-refractivity contribution in [2.75, 3.05) is 12.3 Å². The highest BCUT2D eigenvalue weighted by molar-refractivity contribution is 5.51. The van der Waals surface area contributed by atoms with Crippen LogP contribution in [0.5, 0.6) is 0 Å². The summed E-state index contributed by atoms with van der Waals surface area (Å²) in [7, 11) is 0. The van der Waals surface area contributed by atoms with Crippen molar-refractivity contribution in [3.05, 3.63) is 65.6 Å². The van der Waals surface area contributed by atoms with Gasteiger partial charge in [-0.05, 0) is 35.7 Å². The molecule has 21 heavy (non-hydrogen) atoms. The topological polar surface area (TPSA) is 46.6 Å². The molecule has 0 bridgehead atoms. The number of hydrogen-bond acceptors (Lipinski definition) is 3. The van der Waals surface area contributed by atoms with Crippen LogP contribution in [0.1, 0.15) is 16.8 Å². The third-order valence-electron chi connectivity index (χ3n) is 4.18. The predicted octanol–water partition coefficient (Wildman–Crippen LogP) is 2.47. The van der Waals surface area contributed by atoms with Crippen molar-refractivity contribution in [2.45, 2.75) is 19.5 Å². The Balaban J connectivity index is 1.56. The number of benzene rings is 1. The normalized spacial score (nSPS) is 15.2. The summed E-state index contributed by atoms with van der Waals surface area (Å²) in [6.45, 7) is 2.87. The van der Waals surface area contributed by atoms with Crippen LogP contribution in [0.25, 0.3) is 5.65 Å². The summed E-state index contributed by atoms with van der Waals surface area (Å²) in [5.41, 5.74) is 11.8. The maximum Gasteiger partial charge on any atom is 0.137 e. The first-order chi connectivity index (χ1) is 10.3. The molecule has 0 radical (unpaired) electrons. The highest BCUT2D eigenvalue weighted by atomic mass is 15.1. The lowest BCUT2D eigenvalue weighted by atomic mass is 9.98. The Morgan fingerprint density at radius 2 is 2.10 bits per heavy atom. The molecule has 3 aromatic rings. The van der Waals surface area contributed by atoms with Crippen LogP contribution in [0.4, 0.5) is 5.69 Å². The van der Waals surface area contributed by atoms with E-state index in [0.717, 1.165) is 43.1 Å². The van der Waals surface area contributed by atoms with Gasteiger partial charge in [-0.25, -0.2) is 4.98 Å². The largest absolute Gasteiger partial charge is 0.398 e. The van der Waals surface area contributed by atoms with Crippen LogP contribution in [0.15, 0.2) is 48.8 Å². The molecule has 2 N–H and O–H groups in total. The first-order valence-electron chi connectivity index (χ1n) is 7.31. The molecule has 0 amide bonds. The number of anilines is 1. The number of aromatic nitrogens is 2. The molecule has 106 valence electrons. The van der Waals surface area contributed by atoms with E-state index in [1.165, 1.54) is 11.1 Å². The van der Waals surface area contributed by atoms with Crippen LogP contribution in [0, 0.1) is 0 Å². The molecular weight excluding hydrogens is 260 g/mol. The maximum absolute atomic E-state index is 6.06. The Labute approximate surface area is 123 Å². The van der Waals surface area contributed by atoms with Crippen LogP contribution in [-0.2, 0) is 19.5 Å². The fourth-order valence-electron chi connectivity index (χ4n) is 3.12. The monoisotopic (exact) mass is 278 g/mol. The zero-order chi connectivity index (χ0) is 14.2. The molecule has 0 aliphatic carbocycles. The molecular formula is C17H18N4. The van der Waals surface area contributed by atoms with Crippen molar-refractivity contribution in [3.8, 4) is 0 Å². The number of nitrogens with zero attached hydrogens (tertiary/aromatic N) is 3. The molecule has 4 rings (SSSR count). The lowest BCUT2D eigenvalue weighted by Crippen LogP contribution is -2.30. The van der Waals surface area contributed by atoms with Gasteiger partial charge in [0.15, 0.2) is 0 Å². The van der Waals surface area contributed by atoms with E-state index in [2.05, 4.69) is 26.5 Å². The zero-order valence-corrected chi connectivity index (χ0v) is 11.9. The molecule has 1 aliphatic heterocycles. The van der Waals surface area contributed by atoms with Crippen molar-refractivity contribution in [3.63, 3.8) is 0 Å². The molecule has 3 heterocycles. The van der Waals surface area contributed by atoms with Crippen LogP contribution in [0.2, 0.25) is 0 Å². The minimum absolute atomic E-state index is 0.885. The predicted molar refractivity (Wildman–Crippen MR) is 83.9 cm³/mol. The van der Waals surface area contributed by atoms with Gasteiger partial charge in [-0.15, -0.1) is 0 Å². The Bertz CT molecular complexity index is 757. The molecule has 0 unspecified atom stereocenters. The fraction of sp³-hybridized carbons (Fsp3) is 0.235. The number of nitrogens with two attached hydrogens (primary N) is 1. The Morgan fingerprint density at radius 3 is 3.00 bits per heavy atom. The van der Waals surface area contributed by atoms with Gasteiger partial charge in [0.25, 0.3) is 0 Å². The van der Waals surface area contributed by atoms with E-state index >= 15 is 0 Å². The molecule has 0 fully saturated rings. The molecule has 4 heteroatoms. The zero-order valence-electron chi connectivity index (χ0n) is 11.9. The Kier molecular flexibility index (Phi) is 2.89. The second-order valence-corrected chi connectivity index (χ2v) is 5.64. The van der Waals surface area contributed by atoms with E-state index in [9.17, 15) is 0 Å². The Morgan fingerprint density at radius 1 is 1.14 bits per heavy atom. The number of fused-ring (bicyclic) bond motifs is 2. The molecule has 1 aliphatic rings. The summed E-state index contributed by atoms with van der Waals surface area (Å²) >= 11 is 0. The lowest BCUT2D eigenvalue weighted by molar-refractivity contribution is 0.243. The molecule has 0 saturated carbocycles. The van der Waals surface area contributed by atoms with Crippen molar-refractivity contribution in [1.82, 2.24) is 14.3 Å². The van der Waals surface area contributed by atoms with Crippen LogP contribution >= 0.6 is 0 Å². The van der Waals surface area contributed by atoms with Gasteiger partial charge in [0.05, 0.1) is 5.69 Å². The second kappa shape index (κ2) is 4.90. The van der Waals surface area contributed by atoms with E-state index < -0.39 is 0 Å². The van der Waals surface area contributed by atoms with Gasteiger partial charge in [0, 0.05) is 37.7 Å². The standard InChI is InChI=1S/C17H18N4/c18-16-5-3-4-13-10-20(9-7-15(13)16)11-14-12-21-8-2-1-6-17(21)19-14/h1-6,8,12H,7,9-11,18H2. The summed E-state index contributed by atoms with van der Waals surface area (Å²) in [6, 6.07) is 12.3. The quantitative estimate of drug-likeness (QED) is 0.733. The van der Waals surface area contributed by atoms with Crippen molar-refractivity contribution in [1.29, 1.82) is 0 Å². The van der Waals surface area contributed by atoms with E-state index in [-0.39, 0.29) is 0 Å². The maximum atomic E-state index is 6.06. The summed E-state index contributed by atoms with van der Waals surface area (Å²) in [6.07, 6.45) is 5.18. The second-order valence-electron chi connectivity index (χ2n) is 5.64. The molecule has 0 atom stereocenters. The van der Waals surface area contributed by atoms with Gasteiger partial charge >= 0.3 is 0 Å². The van der Waals surface area contributed by atoms with Crippen molar-refractivity contribution in [2.24, 2.45) is 0 Å². The van der Waals surface area contributed by atoms with E-state index in [4.69, 9.17) is 5.73 Å². The number of hydrogen-bond donors (Lipinski definition) is 1. The van der Waals surface area contributed by atoms with E-state index in [1.54, 1.807) is 0 Å². The van der Waals surface area contributed by atoms with Crippen LogP contribution in [-0.4, -0.2) is 20.8 Å². The van der Waals surface area contributed by atoms with Gasteiger partial charge in [0.2, 0.25) is 0 Å².